The normalized spacial score (nSPS) is 17.0. The summed E-state index contributed by atoms with van der Waals surface area (Å²) in [6, 6.07) is 12.7. The summed E-state index contributed by atoms with van der Waals surface area (Å²) in [7, 11) is 0. The molecule has 124 valence electrons. The number of anilines is 1. The third-order valence-electron chi connectivity index (χ3n) is 4.79. The zero-order valence-corrected chi connectivity index (χ0v) is 13.3. The van der Waals surface area contributed by atoms with E-state index in [4.69, 9.17) is 4.74 Å². The van der Waals surface area contributed by atoms with Gasteiger partial charge in [-0.05, 0) is 42.7 Å². The first kappa shape index (κ1) is 15.1. The average molecular weight is 326 g/mol. The van der Waals surface area contributed by atoms with Crippen molar-refractivity contribution < 1.29 is 9.13 Å². The van der Waals surface area contributed by atoms with E-state index in [0.717, 1.165) is 24.1 Å². The number of nitrogens with zero attached hydrogens (tertiary/aromatic N) is 3. The number of hydrogen-bond donors (Lipinski definition) is 1. The van der Waals surface area contributed by atoms with Crippen LogP contribution in [-0.2, 0) is 10.2 Å². The Bertz CT molecular complexity index is 842. The molecule has 6 heteroatoms. The Morgan fingerprint density at radius 3 is 2.83 bits per heavy atom. The predicted octanol–water partition coefficient (Wildman–Crippen LogP) is 3.03. The molecule has 0 bridgehead atoms. The summed E-state index contributed by atoms with van der Waals surface area (Å²) in [5.74, 6) is 0.499. The highest BCUT2D eigenvalue weighted by Crippen LogP contribution is 2.35. The number of benzene rings is 1. The Kier molecular flexibility index (Phi) is 3.90. The van der Waals surface area contributed by atoms with Gasteiger partial charge in [-0.2, -0.15) is 0 Å². The average Bonchev–Trinajstić information content (AvgIpc) is 3.04. The molecule has 1 aromatic carbocycles. The van der Waals surface area contributed by atoms with E-state index in [-0.39, 0.29) is 11.2 Å². The van der Waals surface area contributed by atoms with Crippen LogP contribution in [0.15, 0.2) is 48.7 Å². The molecular weight excluding hydrogens is 307 g/mol. The van der Waals surface area contributed by atoms with E-state index < -0.39 is 0 Å². The predicted molar refractivity (Wildman–Crippen MR) is 89.6 cm³/mol. The molecule has 0 amide bonds. The Hall–Kier alpha value is -2.47. The van der Waals surface area contributed by atoms with Gasteiger partial charge in [-0.15, -0.1) is 10.2 Å². The van der Waals surface area contributed by atoms with Crippen molar-refractivity contribution in [3.05, 3.63) is 60.0 Å². The minimum absolute atomic E-state index is 0.166. The van der Waals surface area contributed by atoms with Crippen LogP contribution < -0.4 is 5.32 Å². The van der Waals surface area contributed by atoms with Crippen molar-refractivity contribution in [2.24, 2.45) is 0 Å². The van der Waals surface area contributed by atoms with Crippen molar-refractivity contribution >= 4 is 11.6 Å². The number of pyridine rings is 1. The van der Waals surface area contributed by atoms with Crippen molar-refractivity contribution in [3.63, 3.8) is 0 Å². The first-order valence-electron chi connectivity index (χ1n) is 8.14. The van der Waals surface area contributed by atoms with Crippen LogP contribution in [0.5, 0.6) is 0 Å². The summed E-state index contributed by atoms with van der Waals surface area (Å²) in [6.45, 7) is 2.02. The standard InChI is InChI=1S/C18H19FN4O/c19-15-5-3-4-14(12-15)18(7-10-24-11-8-18)13-20-17-22-21-16-6-1-2-9-23(16)17/h1-6,9,12H,7-8,10-11,13H2,(H,20,22). The number of hydrogen-bond acceptors (Lipinski definition) is 4. The molecule has 1 N–H and O–H groups in total. The second-order valence-electron chi connectivity index (χ2n) is 6.21. The van der Waals surface area contributed by atoms with Crippen LogP contribution in [0.1, 0.15) is 18.4 Å². The third-order valence-corrected chi connectivity index (χ3v) is 4.79. The van der Waals surface area contributed by atoms with E-state index in [0.29, 0.717) is 25.7 Å². The zero-order valence-electron chi connectivity index (χ0n) is 13.3. The van der Waals surface area contributed by atoms with E-state index in [1.807, 2.05) is 34.9 Å². The van der Waals surface area contributed by atoms with Gasteiger partial charge < -0.3 is 10.1 Å². The molecule has 1 saturated heterocycles. The summed E-state index contributed by atoms with van der Waals surface area (Å²) in [5.41, 5.74) is 1.64. The second-order valence-corrected chi connectivity index (χ2v) is 6.21. The van der Waals surface area contributed by atoms with Crippen LogP contribution in [0.25, 0.3) is 5.65 Å². The molecule has 5 nitrogen and oxygen atoms in total. The highest BCUT2D eigenvalue weighted by atomic mass is 19.1. The molecule has 0 radical (unpaired) electrons. The van der Waals surface area contributed by atoms with Crippen molar-refractivity contribution in [2.75, 3.05) is 25.1 Å². The largest absolute Gasteiger partial charge is 0.381 e. The summed E-state index contributed by atoms with van der Waals surface area (Å²) in [6.07, 6.45) is 3.62. The highest BCUT2D eigenvalue weighted by Gasteiger charge is 2.35. The van der Waals surface area contributed by atoms with E-state index in [2.05, 4.69) is 15.5 Å². The van der Waals surface area contributed by atoms with Crippen LogP contribution >= 0.6 is 0 Å². The molecule has 0 saturated carbocycles. The highest BCUT2D eigenvalue weighted by molar-refractivity contribution is 5.45. The maximum Gasteiger partial charge on any atom is 0.229 e. The van der Waals surface area contributed by atoms with Gasteiger partial charge in [-0.3, -0.25) is 4.40 Å². The van der Waals surface area contributed by atoms with Gasteiger partial charge >= 0.3 is 0 Å². The fourth-order valence-electron chi connectivity index (χ4n) is 3.36. The fraction of sp³-hybridized carbons (Fsp3) is 0.333. The van der Waals surface area contributed by atoms with Crippen molar-refractivity contribution in [3.8, 4) is 0 Å². The van der Waals surface area contributed by atoms with Crippen LogP contribution in [-0.4, -0.2) is 34.4 Å². The van der Waals surface area contributed by atoms with Gasteiger partial charge in [0.15, 0.2) is 5.65 Å². The lowest BCUT2D eigenvalue weighted by molar-refractivity contribution is 0.0542. The lowest BCUT2D eigenvalue weighted by Crippen LogP contribution is -2.40. The molecule has 1 fully saturated rings. The van der Waals surface area contributed by atoms with Crippen LogP contribution in [0.4, 0.5) is 10.3 Å². The minimum Gasteiger partial charge on any atom is -0.381 e. The Morgan fingerprint density at radius 1 is 1.12 bits per heavy atom. The smallest absolute Gasteiger partial charge is 0.229 e. The SMILES string of the molecule is Fc1cccc(C2(CNc3nnc4ccccn34)CCOCC2)c1. The maximum absolute atomic E-state index is 13.7. The summed E-state index contributed by atoms with van der Waals surface area (Å²) in [5, 5.41) is 11.8. The van der Waals surface area contributed by atoms with Crippen LogP contribution in [0.3, 0.4) is 0 Å². The van der Waals surface area contributed by atoms with Gasteiger partial charge in [0.1, 0.15) is 5.82 Å². The molecule has 1 aliphatic heterocycles. The number of aromatic nitrogens is 3. The second kappa shape index (κ2) is 6.20. The number of nitrogens with one attached hydrogen (secondary N) is 1. The molecule has 0 spiro atoms. The molecular formula is C18H19FN4O. The van der Waals surface area contributed by atoms with Crippen molar-refractivity contribution in [1.29, 1.82) is 0 Å². The number of ether oxygens (including phenoxy) is 1. The van der Waals surface area contributed by atoms with Crippen molar-refractivity contribution in [1.82, 2.24) is 14.6 Å². The molecule has 1 aliphatic rings. The van der Waals surface area contributed by atoms with E-state index in [1.54, 1.807) is 12.1 Å². The van der Waals surface area contributed by atoms with Gasteiger partial charge in [-0.1, -0.05) is 18.2 Å². The van der Waals surface area contributed by atoms with Gasteiger partial charge in [0.05, 0.1) is 0 Å². The fourth-order valence-corrected chi connectivity index (χ4v) is 3.36. The number of halogens is 1. The first-order valence-corrected chi connectivity index (χ1v) is 8.14. The van der Waals surface area contributed by atoms with E-state index >= 15 is 0 Å². The van der Waals surface area contributed by atoms with Gasteiger partial charge in [-0.25, -0.2) is 4.39 Å². The molecule has 2 aromatic heterocycles. The first-order chi connectivity index (χ1) is 11.8. The minimum atomic E-state index is -0.203. The van der Waals surface area contributed by atoms with Crippen molar-refractivity contribution in [2.45, 2.75) is 18.3 Å². The Morgan fingerprint density at radius 2 is 2.00 bits per heavy atom. The summed E-state index contributed by atoms with van der Waals surface area (Å²) in [4.78, 5) is 0. The van der Waals surface area contributed by atoms with Gasteiger partial charge in [0, 0.05) is 31.4 Å². The Labute approximate surface area is 139 Å². The monoisotopic (exact) mass is 326 g/mol. The quantitative estimate of drug-likeness (QED) is 0.801. The molecule has 4 rings (SSSR count). The molecule has 3 heterocycles. The molecule has 0 aliphatic carbocycles. The number of fused-ring (bicyclic) bond motifs is 1. The van der Waals surface area contributed by atoms with E-state index in [1.165, 1.54) is 6.07 Å². The molecule has 0 unspecified atom stereocenters. The lowest BCUT2D eigenvalue weighted by Gasteiger charge is -2.38. The molecule has 3 aromatic rings. The number of rotatable bonds is 4. The maximum atomic E-state index is 13.7. The molecule has 0 atom stereocenters. The Balaban J connectivity index is 1.63. The van der Waals surface area contributed by atoms with Crippen LogP contribution in [0, 0.1) is 5.82 Å². The van der Waals surface area contributed by atoms with Gasteiger partial charge in [0.25, 0.3) is 0 Å². The van der Waals surface area contributed by atoms with E-state index in [9.17, 15) is 4.39 Å². The zero-order chi connectivity index (χ0) is 16.4. The topological polar surface area (TPSA) is 51.5 Å². The summed E-state index contributed by atoms with van der Waals surface area (Å²) >= 11 is 0. The van der Waals surface area contributed by atoms with Crippen LogP contribution in [0.2, 0.25) is 0 Å². The third kappa shape index (κ3) is 2.73. The lowest BCUT2D eigenvalue weighted by atomic mass is 9.74. The van der Waals surface area contributed by atoms with Gasteiger partial charge in [0.2, 0.25) is 5.95 Å². The molecule has 24 heavy (non-hydrogen) atoms. The summed E-state index contributed by atoms with van der Waals surface area (Å²) < 4.78 is 21.2.